The molecule has 2 atom stereocenters. The van der Waals surface area contributed by atoms with Crippen LogP contribution in [0.5, 0.6) is 0 Å². The Bertz CT molecular complexity index is 865. The fraction of sp³-hybridized carbons (Fsp3) is 0.429. The van der Waals surface area contributed by atoms with Crippen LogP contribution in [0.4, 0.5) is 10.2 Å². The number of methoxy groups -OCH3 is 1. The summed E-state index contributed by atoms with van der Waals surface area (Å²) in [4.78, 5) is 16.1. The minimum atomic E-state index is -0.182. The molecule has 0 radical (unpaired) electrons. The maximum atomic E-state index is 14.3. The van der Waals surface area contributed by atoms with Crippen molar-refractivity contribution >= 4 is 11.8 Å². The lowest BCUT2D eigenvalue weighted by atomic mass is 9.99. The van der Waals surface area contributed by atoms with E-state index in [1.807, 2.05) is 19.2 Å². The average Bonchev–Trinajstić information content (AvgIpc) is 3.23. The molecule has 136 valence electrons. The third-order valence-corrected chi connectivity index (χ3v) is 5.76. The molecule has 0 bridgehead atoms. The zero-order valence-electron chi connectivity index (χ0n) is 15.1. The monoisotopic (exact) mass is 354 g/mol. The second-order valence-corrected chi connectivity index (χ2v) is 7.28. The zero-order chi connectivity index (χ0) is 18.3. The van der Waals surface area contributed by atoms with Crippen molar-refractivity contribution < 1.29 is 13.9 Å². The van der Waals surface area contributed by atoms with Crippen molar-refractivity contribution in [3.63, 3.8) is 0 Å². The van der Waals surface area contributed by atoms with E-state index in [0.29, 0.717) is 6.42 Å². The Balaban J connectivity index is 1.54. The van der Waals surface area contributed by atoms with E-state index in [4.69, 9.17) is 4.74 Å². The maximum Gasteiger partial charge on any atom is 0.306 e. The Morgan fingerprint density at radius 1 is 1.35 bits per heavy atom. The van der Waals surface area contributed by atoms with Gasteiger partial charge in [-0.05, 0) is 72.9 Å². The number of hydrogen-bond acceptors (Lipinski definition) is 4. The molecule has 2 aliphatic rings. The number of fused-ring (bicyclic) bond motifs is 2. The number of carbonyl (C=O) groups excluding carboxylic acids is 1. The van der Waals surface area contributed by atoms with E-state index in [9.17, 15) is 9.18 Å². The number of carbonyl (C=O) groups is 1. The molecule has 1 N–H and O–H groups in total. The summed E-state index contributed by atoms with van der Waals surface area (Å²) < 4.78 is 19.1. The molecular formula is C21H23FN2O2. The van der Waals surface area contributed by atoms with Crippen LogP contribution in [0.1, 0.15) is 59.0 Å². The lowest BCUT2D eigenvalue weighted by Gasteiger charge is -2.17. The summed E-state index contributed by atoms with van der Waals surface area (Å²) in [5, 5.41) is 3.42. The number of hydrogen-bond donors (Lipinski definition) is 1. The summed E-state index contributed by atoms with van der Waals surface area (Å²) in [7, 11) is 1.42. The van der Waals surface area contributed by atoms with Gasteiger partial charge < -0.3 is 10.1 Å². The number of ether oxygens (including phenoxy) is 1. The number of nitrogens with one attached hydrogen (secondary N) is 1. The Hall–Kier alpha value is -2.43. The predicted molar refractivity (Wildman–Crippen MR) is 97.8 cm³/mol. The van der Waals surface area contributed by atoms with Crippen LogP contribution in [0, 0.1) is 12.7 Å². The van der Waals surface area contributed by atoms with Crippen molar-refractivity contribution in [2.45, 2.75) is 51.0 Å². The molecule has 0 amide bonds. The summed E-state index contributed by atoms with van der Waals surface area (Å²) >= 11 is 0. The number of nitrogens with zero attached hydrogens (tertiary/aromatic N) is 1. The largest absolute Gasteiger partial charge is 0.469 e. The zero-order valence-corrected chi connectivity index (χ0v) is 15.1. The molecule has 1 heterocycles. The molecule has 0 saturated heterocycles. The standard InChI is InChI=1S/C21H23FN2O2/c1-12-3-7-17(22)21-15(12)6-8-18(21)24-19-9-13-4-5-14(10-20(25)26-2)16(13)11-23-19/h3,7,9,11,14,18H,4-6,8,10H2,1-2H3,(H,23,24). The number of anilines is 1. The van der Waals surface area contributed by atoms with Crippen LogP contribution < -0.4 is 5.32 Å². The second kappa shape index (κ2) is 6.71. The van der Waals surface area contributed by atoms with Crippen molar-refractivity contribution in [2.75, 3.05) is 12.4 Å². The summed E-state index contributed by atoms with van der Waals surface area (Å²) in [5.74, 6) is 0.644. The van der Waals surface area contributed by atoms with Gasteiger partial charge in [0.15, 0.2) is 0 Å². The first kappa shape index (κ1) is 17.0. The van der Waals surface area contributed by atoms with E-state index < -0.39 is 0 Å². The minimum Gasteiger partial charge on any atom is -0.469 e. The van der Waals surface area contributed by atoms with Gasteiger partial charge in [0.2, 0.25) is 0 Å². The molecule has 4 rings (SSSR count). The number of benzene rings is 1. The van der Waals surface area contributed by atoms with Gasteiger partial charge in [0.05, 0.1) is 19.6 Å². The number of esters is 1. The molecule has 26 heavy (non-hydrogen) atoms. The van der Waals surface area contributed by atoms with Crippen LogP contribution in [0.15, 0.2) is 24.4 Å². The van der Waals surface area contributed by atoms with E-state index in [1.165, 1.54) is 12.7 Å². The van der Waals surface area contributed by atoms with Gasteiger partial charge >= 0.3 is 5.97 Å². The molecule has 0 spiro atoms. The number of rotatable bonds is 4. The van der Waals surface area contributed by atoms with Gasteiger partial charge in [-0.25, -0.2) is 9.37 Å². The second-order valence-electron chi connectivity index (χ2n) is 7.28. The Morgan fingerprint density at radius 2 is 2.19 bits per heavy atom. The Labute approximate surface area is 152 Å². The molecule has 0 saturated carbocycles. The highest BCUT2D eigenvalue weighted by atomic mass is 19.1. The van der Waals surface area contributed by atoms with Gasteiger partial charge in [-0.3, -0.25) is 4.79 Å². The Kier molecular flexibility index (Phi) is 4.39. The number of aromatic nitrogens is 1. The van der Waals surface area contributed by atoms with Crippen molar-refractivity contribution in [1.82, 2.24) is 4.98 Å². The highest BCUT2D eigenvalue weighted by Gasteiger charge is 2.29. The normalized spacial score (nSPS) is 20.6. The number of pyridine rings is 1. The van der Waals surface area contributed by atoms with Crippen molar-refractivity contribution in [2.24, 2.45) is 0 Å². The van der Waals surface area contributed by atoms with E-state index in [-0.39, 0.29) is 23.7 Å². The third-order valence-electron chi connectivity index (χ3n) is 5.76. The van der Waals surface area contributed by atoms with Crippen molar-refractivity contribution in [3.05, 3.63) is 58.0 Å². The highest BCUT2D eigenvalue weighted by Crippen LogP contribution is 2.39. The molecule has 1 aromatic carbocycles. The van der Waals surface area contributed by atoms with Crippen LogP contribution in [0.25, 0.3) is 0 Å². The summed E-state index contributed by atoms with van der Waals surface area (Å²) in [6.45, 7) is 2.04. The molecule has 1 aromatic heterocycles. The van der Waals surface area contributed by atoms with E-state index in [1.54, 1.807) is 6.07 Å². The van der Waals surface area contributed by atoms with Crippen molar-refractivity contribution in [3.8, 4) is 0 Å². The molecular weight excluding hydrogens is 331 g/mol. The first-order chi connectivity index (χ1) is 12.6. The molecule has 0 aliphatic heterocycles. The first-order valence-corrected chi connectivity index (χ1v) is 9.17. The SMILES string of the molecule is COC(=O)CC1CCc2cc(NC3CCc4c(C)ccc(F)c43)ncc21. The van der Waals surface area contributed by atoms with Crippen molar-refractivity contribution in [1.29, 1.82) is 0 Å². The lowest BCUT2D eigenvalue weighted by Crippen LogP contribution is -2.11. The predicted octanol–water partition coefficient (Wildman–Crippen LogP) is 4.22. The van der Waals surface area contributed by atoms with Crippen LogP contribution in [0.3, 0.4) is 0 Å². The van der Waals surface area contributed by atoms with Crippen LogP contribution in [-0.4, -0.2) is 18.1 Å². The highest BCUT2D eigenvalue weighted by molar-refractivity contribution is 5.70. The van der Waals surface area contributed by atoms with Crippen LogP contribution >= 0.6 is 0 Å². The summed E-state index contributed by atoms with van der Waals surface area (Å²) in [5.41, 5.74) is 5.42. The number of aryl methyl sites for hydroxylation is 2. The molecule has 2 aliphatic carbocycles. The topological polar surface area (TPSA) is 51.2 Å². The van der Waals surface area contributed by atoms with E-state index >= 15 is 0 Å². The quantitative estimate of drug-likeness (QED) is 0.835. The van der Waals surface area contributed by atoms with Gasteiger partial charge in [0.25, 0.3) is 0 Å². The smallest absolute Gasteiger partial charge is 0.306 e. The van der Waals surface area contributed by atoms with Gasteiger partial charge in [-0.2, -0.15) is 0 Å². The van der Waals surface area contributed by atoms with Gasteiger partial charge in [0, 0.05) is 11.8 Å². The van der Waals surface area contributed by atoms with E-state index in [0.717, 1.165) is 53.8 Å². The fourth-order valence-corrected chi connectivity index (χ4v) is 4.36. The molecule has 5 heteroatoms. The third kappa shape index (κ3) is 2.96. The van der Waals surface area contributed by atoms with Crippen LogP contribution in [-0.2, 0) is 22.4 Å². The first-order valence-electron chi connectivity index (χ1n) is 9.17. The molecule has 2 unspecified atom stereocenters. The molecule has 2 aromatic rings. The maximum absolute atomic E-state index is 14.3. The molecule has 0 fully saturated rings. The van der Waals surface area contributed by atoms with Crippen LogP contribution in [0.2, 0.25) is 0 Å². The fourth-order valence-electron chi connectivity index (χ4n) is 4.36. The minimum absolute atomic E-state index is 0.0391. The molecule has 4 nitrogen and oxygen atoms in total. The Morgan fingerprint density at radius 3 is 3.00 bits per heavy atom. The lowest BCUT2D eigenvalue weighted by molar-refractivity contribution is -0.141. The van der Waals surface area contributed by atoms with E-state index in [2.05, 4.69) is 16.4 Å². The summed E-state index contributed by atoms with van der Waals surface area (Å²) in [6.07, 6.45) is 5.90. The average molecular weight is 354 g/mol. The van der Waals surface area contributed by atoms with Gasteiger partial charge in [-0.1, -0.05) is 6.07 Å². The summed E-state index contributed by atoms with van der Waals surface area (Å²) in [6, 6.07) is 5.42. The van der Waals surface area contributed by atoms with Gasteiger partial charge in [0.1, 0.15) is 11.6 Å². The number of halogens is 1. The van der Waals surface area contributed by atoms with Gasteiger partial charge in [-0.15, -0.1) is 0 Å².